The summed E-state index contributed by atoms with van der Waals surface area (Å²) in [5.74, 6) is 0.0594. The van der Waals surface area contributed by atoms with Crippen LogP contribution in [0.15, 0.2) is 16.8 Å². The summed E-state index contributed by atoms with van der Waals surface area (Å²) in [6, 6.07) is 1.74. The Balaban J connectivity index is 2.13. The van der Waals surface area contributed by atoms with Gasteiger partial charge in [-0.3, -0.25) is 9.59 Å². The Morgan fingerprint density at radius 1 is 1.35 bits per heavy atom. The van der Waals surface area contributed by atoms with E-state index in [1.807, 2.05) is 19.2 Å². The van der Waals surface area contributed by atoms with Gasteiger partial charge in [-0.2, -0.15) is 11.3 Å². The third kappa shape index (κ3) is 6.68. The van der Waals surface area contributed by atoms with Crippen LogP contribution in [0, 0.1) is 5.92 Å². The number of nitrogens with one attached hydrogen (secondary N) is 2. The highest BCUT2D eigenvalue weighted by Crippen LogP contribution is 2.05. The van der Waals surface area contributed by atoms with Gasteiger partial charge in [0.25, 0.3) is 5.91 Å². The minimum atomic E-state index is -0.514. The predicted octanol–water partition coefficient (Wildman–Crippen LogP) is 1.39. The molecule has 0 bridgehead atoms. The zero-order chi connectivity index (χ0) is 15.0. The quantitative estimate of drug-likeness (QED) is 0.678. The number of aliphatic hydroxyl groups is 1. The van der Waals surface area contributed by atoms with Gasteiger partial charge < -0.3 is 15.7 Å². The first kappa shape index (κ1) is 16.7. The van der Waals surface area contributed by atoms with Crippen LogP contribution in [-0.2, 0) is 4.79 Å². The first-order valence-electron chi connectivity index (χ1n) is 6.74. The fourth-order valence-corrected chi connectivity index (χ4v) is 2.37. The van der Waals surface area contributed by atoms with E-state index in [4.69, 9.17) is 0 Å². The van der Waals surface area contributed by atoms with Crippen LogP contribution in [-0.4, -0.2) is 36.1 Å². The standard InChI is InChI=1S/C14H22N2O3S/c1-10(2)7-12(17)8-16-13(18)3-5-15-14(19)11-4-6-20-9-11/h4,6,9-10,12,17H,3,5,7-8H2,1-2H3,(H,15,19)(H,16,18). The van der Waals surface area contributed by atoms with Gasteiger partial charge in [-0.15, -0.1) is 0 Å². The lowest BCUT2D eigenvalue weighted by molar-refractivity contribution is -0.121. The molecule has 1 rings (SSSR count). The number of amides is 2. The summed E-state index contributed by atoms with van der Waals surface area (Å²) in [5.41, 5.74) is 0.614. The summed E-state index contributed by atoms with van der Waals surface area (Å²) < 4.78 is 0. The summed E-state index contributed by atoms with van der Waals surface area (Å²) in [6.07, 6.45) is 0.360. The second-order valence-corrected chi connectivity index (χ2v) is 5.89. The normalized spacial score (nSPS) is 12.2. The molecule has 112 valence electrons. The van der Waals surface area contributed by atoms with Crippen LogP contribution >= 0.6 is 11.3 Å². The lowest BCUT2D eigenvalue weighted by atomic mass is 10.1. The number of carbonyl (C=O) groups is 2. The minimum absolute atomic E-state index is 0.168. The second kappa shape index (κ2) is 8.71. The summed E-state index contributed by atoms with van der Waals surface area (Å²) in [7, 11) is 0. The van der Waals surface area contributed by atoms with Crippen molar-refractivity contribution in [3.8, 4) is 0 Å². The molecule has 0 saturated heterocycles. The number of hydrogen-bond donors (Lipinski definition) is 3. The Hall–Kier alpha value is -1.40. The third-order valence-corrected chi connectivity index (χ3v) is 3.38. The van der Waals surface area contributed by atoms with Crippen molar-refractivity contribution < 1.29 is 14.7 Å². The molecule has 1 atom stereocenters. The highest BCUT2D eigenvalue weighted by atomic mass is 32.1. The van der Waals surface area contributed by atoms with Gasteiger partial charge in [0.15, 0.2) is 0 Å². The molecule has 1 aromatic rings. The molecular formula is C14H22N2O3S. The molecule has 0 saturated carbocycles. The third-order valence-electron chi connectivity index (χ3n) is 2.70. The number of carbonyl (C=O) groups excluding carboxylic acids is 2. The molecule has 2 amide bonds. The van der Waals surface area contributed by atoms with E-state index in [1.54, 1.807) is 11.4 Å². The summed E-state index contributed by atoms with van der Waals surface area (Å²) in [6.45, 7) is 4.59. The van der Waals surface area contributed by atoms with Gasteiger partial charge in [-0.1, -0.05) is 13.8 Å². The molecule has 6 heteroatoms. The van der Waals surface area contributed by atoms with Crippen molar-refractivity contribution >= 4 is 23.2 Å². The van der Waals surface area contributed by atoms with E-state index in [0.717, 1.165) is 0 Å². The number of aliphatic hydroxyl groups excluding tert-OH is 1. The van der Waals surface area contributed by atoms with Gasteiger partial charge in [0, 0.05) is 30.5 Å². The van der Waals surface area contributed by atoms with Gasteiger partial charge in [-0.05, 0) is 23.8 Å². The lowest BCUT2D eigenvalue weighted by Crippen LogP contribution is -2.35. The van der Waals surface area contributed by atoms with Crippen molar-refractivity contribution in [3.63, 3.8) is 0 Å². The van der Waals surface area contributed by atoms with Crippen molar-refractivity contribution in [3.05, 3.63) is 22.4 Å². The summed E-state index contributed by atoms with van der Waals surface area (Å²) in [5, 5.41) is 18.6. The van der Waals surface area contributed by atoms with Crippen LogP contribution in [0.5, 0.6) is 0 Å². The Bertz CT molecular complexity index is 418. The molecule has 5 nitrogen and oxygen atoms in total. The van der Waals surface area contributed by atoms with Gasteiger partial charge >= 0.3 is 0 Å². The van der Waals surface area contributed by atoms with Crippen LogP contribution in [0.1, 0.15) is 37.0 Å². The summed E-state index contributed by atoms with van der Waals surface area (Å²) >= 11 is 1.46. The zero-order valence-corrected chi connectivity index (χ0v) is 12.7. The SMILES string of the molecule is CC(C)CC(O)CNC(=O)CCNC(=O)c1ccsc1. The highest BCUT2D eigenvalue weighted by molar-refractivity contribution is 7.08. The van der Waals surface area contributed by atoms with Crippen molar-refractivity contribution in [1.29, 1.82) is 0 Å². The maximum atomic E-state index is 11.6. The van der Waals surface area contributed by atoms with E-state index < -0.39 is 6.10 Å². The van der Waals surface area contributed by atoms with E-state index in [-0.39, 0.29) is 24.8 Å². The zero-order valence-electron chi connectivity index (χ0n) is 11.9. The average Bonchev–Trinajstić information content (AvgIpc) is 2.89. The summed E-state index contributed by atoms with van der Waals surface area (Å²) in [4.78, 5) is 23.1. The van der Waals surface area contributed by atoms with Gasteiger partial charge in [0.05, 0.1) is 6.10 Å². The maximum absolute atomic E-state index is 11.6. The molecule has 1 heterocycles. The lowest BCUT2D eigenvalue weighted by Gasteiger charge is -2.13. The molecule has 0 aliphatic heterocycles. The fourth-order valence-electron chi connectivity index (χ4n) is 1.73. The maximum Gasteiger partial charge on any atom is 0.252 e. The molecule has 0 aliphatic carbocycles. The smallest absolute Gasteiger partial charge is 0.252 e. The number of hydrogen-bond acceptors (Lipinski definition) is 4. The molecule has 0 aliphatic rings. The molecule has 0 aromatic carbocycles. The average molecular weight is 298 g/mol. The van der Waals surface area contributed by atoms with Crippen molar-refractivity contribution in [2.24, 2.45) is 5.92 Å². The van der Waals surface area contributed by atoms with E-state index in [2.05, 4.69) is 10.6 Å². The molecule has 3 N–H and O–H groups in total. The highest BCUT2D eigenvalue weighted by Gasteiger charge is 2.10. The fraction of sp³-hybridized carbons (Fsp3) is 0.571. The van der Waals surface area contributed by atoms with Crippen LogP contribution < -0.4 is 10.6 Å². The van der Waals surface area contributed by atoms with Crippen LogP contribution in [0.2, 0.25) is 0 Å². The predicted molar refractivity (Wildman–Crippen MR) is 79.7 cm³/mol. The van der Waals surface area contributed by atoms with Crippen LogP contribution in [0.4, 0.5) is 0 Å². The molecular weight excluding hydrogens is 276 g/mol. The second-order valence-electron chi connectivity index (χ2n) is 5.11. The van der Waals surface area contributed by atoms with Gasteiger partial charge in [0.1, 0.15) is 0 Å². The van der Waals surface area contributed by atoms with Crippen LogP contribution in [0.3, 0.4) is 0 Å². The largest absolute Gasteiger partial charge is 0.391 e. The molecule has 0 radical (unpaired) electrons. The minimum Gasteiger partial charge on any atom is -0.391 e. The van der Waals surface area contributed by atoms with Crippen molar-refractivity contribution in [2.75, 3.05) is 13.1 Å². The van der Waals surface area contributed by atoms with E-state index in [9.17, 15) is 14.7 Å². The van der Waals surface area contributed by atoms with Crippen molar-refractivity contribution in [1.82, 2.24) is 10.6 Å². The van der Waals surface area contributed by atoms with E-state index >= 15 is 0 Å². The monoisotopic (exact) mass is 298 g/mol. The molecule has 1 aromatic heterocycles. The first-order chi connectivity index (χ1) is 9.49. The topological polar surface area (TPSA) is 78.4 Å². The number of rotatable bonds is 8. The Morgan fingerprint density at radius 3 is 2.70 bits per heavy atom. The molecule has 1 unspecified atom stereocenters. The Kier molecular flexibility index (Phi) is 7.25. The van der Waals surface area contributed by atoms with Crippen LogP contribution in [0.25, 0.3) is 0 Å². The first-order valence-corrected chi connectivity index (χ1v) is 7.68. The van der Waals surface area contributed by atoms with E-state index in [0.29, 0.717) is 24.4 Å². The van der Waals surface area contributed by atoms with E-state index in [1.165, 1.54) is 11.3 Å². The molecule has 0 spiro atoms. The van der Waals surface area contributed by atoms with Crippen molar-refractivity contribution in [2.45, 2.75) is 32.8 Å². The number of thiophene rings is 1. The Morgan fingerprint density at radius 2 is 2.10 bits per heavy atom. The van der Waals surface area contributed by atoms with Gasteiger partial charge in [-0.25, -0.2) is 0 Å². The Labute approximate surface area is 123 Å². The molecule has 20 heavy (non-hydrogen) atoms. The molecule has 0 fully saturated rings. The van der Waals surface area contributed by atoms with Gasteiger partial charge in [0.2, 0.25) is 5.91 Å².